The topological polar surface area (TPSA) is 86.6 Å². The van der Waals surface area contributed by atoms with Crippen molar-refractivity contribution < 1.29 is 47.9 Å². The van der Waals surface area contributed by atoms with E-state index in [4.69, 9.17) is 0 Å². The second kappa shape index (κ2) is 5.67. The molecule has 0 aromatic heterocycles. The van der Waals surface area contributed by atoms with Crippen LogP contribution in [0.3, 0.4) is 0 Å². The molecule has 0 N–H and O–H groups in total. The third-order valence-corrected chi connectivity index (χ3v) is 4.89. The van der Waals surface area contributed by atoms with Gasteiger partial charge >= 0.3 is 29.6 Å². The summed E-state index contributed by atoms with van der Waals surface area (Å²) in [5.74, 6) is -1.18. The standard InChI is InChI=1S/C7H11NO4S2.Na/c1-4-5(3-6(9)10)13-7(8-4)14(2,11)12;/h4-5H,3H2,1-2H3,(H,9,10);/q;+1/p-1. The van der Waals surface area contributed by atoms with Crippen LogP contribution in [0, 0.1) is 0 Å². The maximum atomic E-state index is 11.1. The van der Waals surface area contributed by atoms with Gasteiger partial charge in [0.05, 0.1) is 6.04 Å². The van der Waals surface area contributed by atoms with E-state index >= 15 is 0 Å². The first-order valence-electron chi connectivity index (χ1n) is 3.95. The molecule has 0 saturated heterocycles. The summed E-state index contributed by atoms with van der Waals surface area (Å²) < 4.78 is 22.2. The largest absolute Gasteiger partial charge is 1.00 e. The quantitative estimate of drug-likeness (QED) is 0.472. The predicted octanol–water partition coefficient (Wildman–Crippen LogP) is -3.97. The van der Waals surface area contributed by atoms with Crippen molar-refractivity contribution in [3.05, 3.63) is 0 Å². The zero-order valence-electron chi connectivity index (χ0n) is 8.76. The minimum Gasteiger partial charge on any atom is -0.550 e. The van der Waals surface area contributed by atoms with E-state index < -0.39 is 15.8 Å². The van der Waals surface area contributed by atoms with Gasteiger partial charge in [-0.05, 0) is 6.92 Å². The monoisotopic (exact) mass is 259 g/mol. The van der Waals surface area contributed by atoms with Gasteiger partial charge in [0.2, 0.25) is 0 Å². The van der Waals surface area contributed by atoms with E-state index in [2.05, 4.69) is 4.99 Å². The Kier molecular flexibility index (Phi) is 5.84. The summed E-state index contributed by atoms with van der Waals surface area (Å²) in [6.07, 6.45) is 0.890. The average molecular weight is 259 g/mol. The first-order valence-corrected chi connectivity index (χ1v) is 6.72. The van der Waals surface area contributed by atoms with Crippen LogP contribution in [0.25, 0.3) is 0 Å². The molecule has 0 aliphatic carbocycles. The van der Waals surface area contributed by atoms with Gasteiger partial charge in [0.1, 0.15) is 0 Å². The molecule has 8 heteroatoms. The van der Waals surface area contributed by atoms with Gasteiger partial charge in [0, 0.05) is 23.9 Å². The fraction of sp³-hybridized carbons (Fsp3) is 0.714. The number of rotatable bonds is 2. The molecule has 1 aliphatic rings. The number of nitrogens with zero attached hydrogens (tertiary/aromatic N) is 1. The van der Waals surface area contributed by atoms with Crippen LogP contribution in [-0.2, 0) is 14.6 Å². The van der Waals surface area contributed by atoms with Crippen molar-refractivity contribution in [3.8, 4) is 0 Å². The Labute approximate surface area is 115 Å². The molecule has 15 heavy (non-hydrogen) atoms. The Hall–Kier alpha value is 0.440. The Bertz CT molecular complexity index is 378. The number of hydrogen-bond acceptors (Lipinski definition) is 6. The Morgan fingerprint density at radius 3 is 2.47 bits per heavy atom. The van der Waals surface area contributed by atoms with E-state index in [0.717, 1.165) is 18.0 Å². The SMILES string of the molecule is CC1N=C(S(C)(=O)=O)SC1CC(=O)[O-].[Na+]. The minimum absolute atomic E-state index is 0. The first-order chi connectivity index (χ1) is 6.30. The van der Waals surface area contributed by atoms with E-state index in [9.17, 15) is 18.3 Å². The van der Waals surface area contributed by atoms with Crippen LogP contribution in [0.15, 0.2) is 4.99 Å². The van der Waals surface area contributed by atoms with E-state index in [-0.39, 0.29) is 51.6 Å². The number of hydrogen-bond donors (Lipinski definition) is 0. The molecule has 2 unspecified atom stereocenters. The van der Waals surface area contributed by atoms with Gasteiger partial charge in [0.15, 0.2) is 14.2 Å². The molecule has 0 aromatic rings. The van der Waals surface area contributed by atoms with Crippen LogP contribution in [-0.4, -0.2) is 36.3 Å². The van der Waals surface area contributed by atoms with Gasteiger partial charge in [-0.15, -0.1) is 0 Å². The summed E-state index contributed by atoms with van der Waals surface area (Å²) in [6.45, 7) is 1.69. The van der Waals surface area contributed by atoms with Crippen molar-refractivity contribution in [1.82, 2.24) is 0 Å². The number of sulfone groups is 1. The third kappa shape index (κ3) is 4.44. The van der Waals surface area contributed by atoms with Crippen LogP contribution in [0.1, 0.15) is 13.3 Å². The second-order valence-corrected chi connectivity index (χ2v) is 6.56. The summed E-state index contributed by atoms with van der Waals surface area (Å²) in [7, 11) is -3.30. The molecule has 80 valence electrons. The normalized spacial score (nSPS) is 25.6. The summed E-state index contributed by atoms with van der Waals surface area (Å²) in [5, 5.41) is 10.0. The number of carboxylic acids is 1. The van der Waals surface area contributed by atoms with Gasteiger partial charge in [-0.2, -0.15) is 0 Å². The summed E-state index contributed by atoms with van der Waals surface area (Å²) >= 11 is 0.995. The number of aliphatic imine (C=N–C) groups is 1. The van der Waals surface area contributed by atoms with Crippen molar-refractivity contribution in [2.75, 3.05) is 6.26 Å². The maximum absolute atomic E-state index is 11.1. The van der Waals surface area contributed by atoms with Crippen molar-refractivity contribution in [3.63, 3.8) is 0 Å². The van der Waals surface area contributed by atoms with E-state index in [1.54, 1.807) is 6.92 Å². The van der Waals surface area contributed by atoms with Crippen molar-refractivity contribution in [2.45, 2.75) is 24.6 Å². The van der Waals surface area contributed by atoms with E-state index in [0.29, 0.717) is 0 Å². The number of thioether (sulfide) groups is 1. The molecule has 0 amide bonds. The van der Waals surface area contributed by atoms with Crippen LogP contribution in [0.4, 0.5) is 0 Å². The van der Waals surface area contributed by atoms with Crippen LogP contribution in [0.5, 0.6) is 0 Å². The Morgan fingerprint density at radius 1 is 1.60 bits per heavy atom. The number of aliphatic carboxylic acids is 1. The Morgan fingerprint density at radius 2 is 2.13 bits per heavy atom. The van der Waals surface area contributed by atoms with E-state index in [1.807, 2.05) is 0 Å². The molecule has 0 radical (unpaired) electrons. The molecule has 0 aromatic carbocycles. The molecule has 0 bridgehead atoms. The summed E-state index contributed by atoms with van der Waals surface area (Å²) in [4.78, 5) is 14.2. The molecule has 1 aliphatic heterocycles. The molecule has 0 spiro atoms. The second-order valence-electron chi connectivity index (χ2n) is 3.14. The maximum Gasteiger partial charge on any atom is 1.00 e. The fourth-order valence-corrected chi connectivity index (χ4v) is 3.46. The van der Waals surface area contributed by atoms with Crippen molar-refractivity contribution in [2.24, 2.45) is 4.99 Å². The molecule has 1 heterocycles. The van der Waals surface area contributed by atoms with Gasteiger partial charge in [-0.3, -0.25) is 4.99 Å². The first kappa shape index (κ1) is 15.4. The molecule has 1 rings (SSSR count). The fourth-order valence-electron chi connectivity index (χ4n) is 1.07. The molecule has 5 nitrogen and oxygen atoms in total. The number of carbonyl (C=O) groups excluding carboxylic acids is 1. The van der Waals surface area contributed by atoms with Crippen molar-refractivity contribution in [1.29, 1.82) is 0 Å². The zero-order valence-corrected chi connectivity index (χ0v) is 12.4. The third-order valence-electron chi connectivity index (χ3n) is 1.78. The van der Waals surface area contributed by atoms with Gasteiger partial charge in [-0.1, -0.05) is 11.8 Å². The van der Waals surface area contributed by atoms with Crippen LogP contribution < -0.4 is 34.7 Å². The zero-order chi connectivity index (χ0) is 10.9. The summed E-state index contributed by atoms with van der Waals surface area (Å²) in [5.41, 5.74) is 0. The number of carbonyl (C=O) groups is 1. The van der Waals surface area contributed by atoms with Gasteiger partial charge < -0.3 is 9.90 Å². The molecule has 2 atom stereocenters. The minimum atomic E-state index is -3.30. The smallest absolute Gasteiger partial charge is 0.550 e. The Balaban J connectivity index is 0.00000196. The average Bonchev–Trinajstić information content (AvgIpc) is 2.30. The van der Waals surface area contributed by atoms with Gasteiger partial charge in [-0.25, -0.2) is 8.42 Å². The molecular weight excluding hydrogens is 249 g/mol. The molecule has 0 saturated carbocycles. The summed E-state index contributed by atoms with van der Waals surface area (Å²) in [6, 6.07) is -0.289. The molecular formula is C7H10NNaO4S2. The van der Waals surface area contributed by atoms with Crippen molar-refractivity contribution >= 4 is 31.9 Å². The van der Waals surface area contributed by atoms with Gasteiger partial charge in [0.25, 0.3) is 0 Å². The van der Waals surface area contributed by atoms with Crippen LogP contribution >= 0.6 is 11.8 Å². The van der Waals surface area contributed by atoms with Crippen LogP contribution in [0.2, 0.25) is 0 Å². The predicted molar refractivity (Wildman–Crippen MR) is 52.7 cm³/mol. The number of carboxylic acid groups (broad SMARTS) is 1. The van der Waals surface area contributed by atoms with E-state index in [1.165, 1.54) is 0 Å². The molecule has 0 fully saturated rings.